The van der Waals surface area contributed by atoms with Gasteiger partial charge in [0.2, 0.25) is 0 Å². The molecule has 0 bridgehead atoms. The van der Waals surface area contributed by atoms with Gasteiger partial charge in [-0.05, 0) is 18.6 Å². The van der Waals surface area contributed by atoms with E-state index >= 15 is 0 Å². The Balaban J connectivity index is 2.03. The number of halogens is 1. The van der Waals surface area contributed by atoms with Crippen molar-refractivity contribution in [1.29, 1.82) is 0 Å². The van der Waals surface area contributed by atoms with Gasteiger partial charge < -0.3 is 10.4 Å². The number of nitrogens with zero attached hydrogens (tertiary/aromatic N) is 4. The Bertz CT molecular complexity index is 631. The summed E-state index contributed by atoms with van der Waals surface area (Å²) in [6.45, 7) is 1.02. The van der Waals surface area contributed by atoms with Gasteiger partial charge in [0.1, 0.15) is 11.4 Å². The van der Waals surface area contributed by atoms with Gasteiger partial charge in [0, 0.05) is 23.7 Å². The minimum Gasteiger partial charge on any atom is -0.396 e. The van der Waals surface area contributed by atoms with Crippen LogP contribution in [0.15, 0.2) is 28.9 Å². The lowest BCUT2D eigenvalue weighted by molar-refractivity contribution is -0.384. The third kappa shape index (κ3) is 4.23. The number of benzene rings is 1. The summed E-state index contributed by atoms with van der Waals surface area (Å²) in [5, 5.41) is 30.6. The number of aliphatic hydroxyl groups excluding tert-OH is 1. The fourth-order valence-corrected chi connectivity index (χ4v) is 2.10. The molecule has 0 amide bonds. The van der Waals surface area contributed by atoms with Gasteiger partial charge in [0.25, 0.3) is 5.69 Å². The molecule has 2 rings (SSSR count). The van der Waals surface area contributed by atoms with Crippen molar-refractivity contribution >= 4 is 27.3 Å². The number of anilines is 1. The van der Waals surface area contributed by atoms with E-state index in [-0.39, 0.29) is 12.3 Å². The van der Waals surface area contributed by atoms with Crippen LogP contribution in [0.2, 0.25) is 0 Å². The van der Waals surface area contributed by atoms with Crippen LogP contribution in [0.4, 0.5) is 11.4 Å². The normalized spacial score (nSPS) is 10.6. The second-order valence-corrected chi connectivity index (χ2v) is 5.24. The van der Waals surface area contributed by atoms with Crippen molar-refractivity contribution in [2.24, 2.45) is 0 Å². The van der Waals surface area contributed by atoms with Crippen LogP contribution in [0.1, 0.15) is 12.1 Å². The summed E-state index contributed by atoms with van der Waals surface area (Å²) in [6.07, 6.45) is 2.35. The summed E-state index contributed by atoms with van der Waals surface area (Å²) in [7, 11) is 0. The highest BCUT2D eigenvalue weighted by molar-refractivity contribution is 9.10. The van der Waals surface area contributed by atoms with Crippen LogP contribution >= 0.6 is 15.9 Å². The Labute approximate surface area is 129 Å². The molecule has 1 aromatic carbocycles. The summed E-state index contributed by atoms with van der Waals surface area (Å²) in [5.41, 5.74) is 1.09. The first-order valence-electron chi connectivity index (χ1n) is 6.28. The molecule has 0 spiro atoms. The van der Waals surface area contributed by atoms with E-state index in [1.165, 1.54) is 6.07 Å². The third-order valence-electron chi connectivity index (χ3n) is 2.75. The van der Waals surface area contributed by atoms with Gasteiger partial charge in [-0.25, -0.2) is 0 Å². The molecule has 0 aliphatic heterocycles. The van der Waals surface area contributed by atoms with Gasteiger partial charge in [-0.15, -0.1) is 5.10 Å². The van der Waals surface area contributed by atoms with E-state index in [0.717, 1.165) is 0 Å². The Kier molecular flexibility index (Phi) is 5.23. The highest BCUT2D eigenvalue weighted by Crippen LogP contribution is 2.28. The van der Waals surface area contributed by atoms with Gasteiger partial charge in [-0.2, -0.15) is 0 Å². The molecule has 0 radical (unpaired) electrons. The lowest BCUT2D eigenvalue weighted by Crippen LogP contribution is -2.03. The maximum absolute atomic E-state index is 11.0. The van der Waals surface area contributed by atoms with Crippen molar-refractivity contribution in [3.63, 3.8) is 0 Å². The zero-order valence-corrected chi connectivity index (χ0v) is 12.7. The number of nitrogens with one attached hydrogen (secondary N) is 1. The maximum atomic E-state index is 11.0. The van der Waals surface area contributed by atoms with Crippen molar-refractivity contribution in [2.75, 3.05) is 11.9 Å². The van der Waals surface area contributed by atoms with Crippen LogP contribution in [0, 0.1) is 10.1 Å². The first kappa shape index (κ1) is 15.4. The Hall–Kier alpha value is -2.00. The van der Waals surface area contributed by atoms with Crippen LogP contribution in [0.3, 0.4) is 0 Å². The SMILES string of the molecule is O=[N+]([O-])c1cc(Br)ccc1NCc1cn(CCCO)nn1. The van der Waals surface area contributed by atoms with Crippen LogP contribution in [-0.2, 0) is 13.1 Å². The lowest BCUT2D eigenvalue weighted by atomic mass is 10.2. The standard InChI is InChI=1S/C12H14BrN5O3/c13-9-2-3-11(12(6-9)18(20)21)14-7-10-8-17(16-15-10)4-1-5-19/h2-3,6,8,14,19H,1,4-5,7H2. The highest BCUT2D eigenvalue weighted by atomic mass is 79.9. The van der Waals surface area contributed by atoms with Crippen LogP contribution in [0.25, 0.3) is 0 Å². The molecule has 0 atom stereocenters. The second kappa shape index (κ2) is 7.14. The predicted octanol–water partition coefficient (Wildman–Crippen LogP) is 1.94. The number of aromatic nitrogens is 3. The van der Waals surface area contributed by atoms with Gasteiger partial charge in [0.15, 0.2) is 0 Å². The first-order chi connectivity index (χ1) is 10.1. The number of rotatable bonds is 7. The predicted molar refractivity (Wildman–Crippen MR) is 79.8 cm³/mol. The van der Waals surface area contributed by atoms with E-state index in [2.05, 4.69) is 31.6 Å². The molecule has 1 aromatic heterocycles. The number of hydrogen-bond donors (Lipinski definition) is 2. The first-order valence-corrected chi connectivity index (χ1v) is 7.07. The molecule has 9 heteroatoms. The molecule has 112 valence electrons. The monoisotopic (exact) mass is 355 g/mol. The number of aliphatic hydroxyl groups is 1. The average molecular weight is 356 g/mol. The molecule has 2 N–H and O–H groups in total. The van der Waals surface area contributed by atoms with E-state index in [0.29, 0.717) is 35.4 Å². The van der Waals surface area contributed by atoms with Crippen LogP contribution in [0.5, 0.6) is 0 Å². The van der Waals surface area contributed by atoms with Gasteiger partial charge in [-0.3, -0.25) is 14.8 Å². The Morgan fingerprint density at radius 1 is 1.48 bits per heavy atom. The molecule has 8 nitrogen and oxygen atoms in total. The lowest BCUT2D eigenvalue weighted by Gasteiger charge is -2.05. The molecular formula is C12H14BrN5O3. The Morgan fingerprint density at radius 3 is 3.00 bits per heavy atom. The Morgan fingerprint density at radius 2 is 2.29 bits per heavy atom. The number of aryl methyl sites for hydroxylation is 1. The van der Waals surface area contributed by atoms with E-state index in [4.69, 9.17) is 5.11 Å². The number of hydrogen-bond acceptors (Lipinski definition) is 6. The summed E-state index contributed by atoms with van der Waals surface area (Å²) in [4.78, 5) is 10.6. The van der Waals surface area contributed by atoms with Gasteiger partial charge in [0.05, 0.1) is 17.7 Å². The zero-order valence-electron chi connectivity index (χ0n) is 11.1. The van der Waals surface area contributed by atoms with Crippen LogP contribution < -0.4 is 5.32 Å². The summed E-state index contributed by atoms with van der Waals surface area (Å²) >= 11 is 3.21. The van der Waals surface area contributed by atoms with Gasteiger partial charge >= 0.3 is 0 Å². The summed E-state index contributed by atoms with van der Waals surface area (Å²) < 4.78 is 2.28. The molecule has 1 heterocycles. The summed E-state index contributed by atoms with van der Waals surface area (Å²) in [5.74, 6) is 0. The highest BCUT2D eigenvalue weighted by Gasteiger charge is 2.14. The molecule has 0 aliphatic carbocycles. The molecule has 21 heavy (non-hydrogen) atoms. The molecule has 0 saturated heterocycles. The topological polar surface area (TPSA) is 106 Å². The fraction of sp³-hybridized carbons (Fsp3) is 0.333. The molecular weight excluding hydrogens is 342 g/mol. The minimum atomic E-state index is -0.439. The average Bonchev–Trinajstić information content (AvgIpc) is 2.91. The number of nitro groups is 1. The molecule has 0 aliphatic rings. The third-order valence-corrected chi connectivity index (χ3v) is 3.24. The van der Waals surface area contributed by atoms with Crippen LogP contribution in [-0.4, -0.2) is 31.6 Å². The zero-order chi connectivity index (χ0) is 15.2. The second-order valence-electron chi connectivity index (χ2n) is 4.32. The number of nitro benzene ring substituents is 1. The van der Waals surface area contributed by atoms with Gasteiger partial charge in [-0.1, -0.05) is 21.1 Å². The smallest absolute Gasteiger partial charge is 0.293 e. The maximum Gasteiger partial charge on any atom is 0.293 e. The van der Waals surface area contributed by atoms with Crippen molar-refractivity contribution in [3.05, 3.63) is 44.7 Å². The summed E-state index contributed by atoms with van der Waals surface area (Å²) in [6, 6.07) is 4.81. The van der Waals surface area contributed by atoms with E-state index in [9.17, 15) is 10.1 Å². The van der Waals surface area contributed by atoms with Crippen molar-refractivity contribution in [2.45, 2.75) is 19.5 Å². The van der Waals surface area contributed by atoms with Crippen molar-refractivity contribution < 1.29 is 10.0 Å². The molecule has 0 unspecified atom stereocenters. The van der Waals surface area contributed by atoms with E-state index in [1.54, 1.807) is 23.0 Å². The molecule has 0 saturated carbocycles. The molecule has 2 aromatic rings. The van der Waals surface area contributed by atoms with E-state index < -0.39 is 4.92 Å². The van der Waals surface area contributed by atoms with E-state index in [1.807, 2.05) is 0 Å². The fourth-order valence-electron chi connectivity index (χ4n) is 1.75. The quantitative estimate of drug-likeness (QED) is 0.580. The van der Waals surface area contributed by atoms with Crippen molar-refractivity contribution in [3.8, 4) is 0 Å². The molecule has 0 fully saturated rings. The minimum absolute atomic E-state index is 0.00273. The largest absolute Gasteiger partial charge is 0.396 e. The van der Waals surface area contributed by atoms with Crippen molar-refractivity contribution in [1.82, 2.24) is 15.0 Å².